The van der Waals surface area contributed by atoms with E-state index in [9.17, 15) is 19.7 Å². The summed E-state index contributed by atoms with van der Waals surface area (Å²) in [5.74, 6) is -0.996. The van der Waals surface area contributed by atoms with Crippen LogP contribution >= 0.6 is 0 Å². The number of hydrogen-bond donors (Lipinski definition) is 1. The SMILES string of the molecule is Cc1ccc([N+](=O)[O-])cc1NC(=O)COC(=O)CC(C)(C)C. The Morgan fingerprint density at radius 2 is 1.95 bits per heavy atom. The number of nitro groups is 1. The van der Waals surface area contributed by atoms with Crippen LogP contribution in [0.15, 0.2) is 18.2 Å². The van der Waals surface area contributed by atoms with Gasteiger partial charge >= 0.3 is 5.97 Å². The summed E-state index contributed by atoms with van der Waals surface area (Å²) in [6, 6.07) is 4.16. The van der Waals surface area contributed by atoms with E-state index in [1.165, 1.54) is 12.1 Å². The Morgan fingerprint density at radius 3 is 2.50 bits per heavy atom. The zero-order valence-electron chi connectivity index (χ0n) is 13.1. The van der Waals surface area contributed by atoms with Crippen molar-refractivity contribution in [3.05, 3.63) is 33.9 Å². The Morgan fingerprint density at radius 1 is 1.32 bits per heavy atom. The maximum absolute atomic E-state index is 11.8. The first-order chi connectivity index (χ1) is 10.1. The molecule has 0 saturated carbocycles. The van der Waals surface area contributed by atoms with Crippen molar-refractivity contribution in [3.63, 3.8) is 0 Å². The van der Waals surface area contributed by atoms with Crippen molar-refractivity contribution < 1.29 is 19.2 Å². The Kier molecular flexibility index (Phi) is 5.62. The average molecular weight is 308 g/mol. The van der Waals surface area contributed by atoms with Gasteiger partial charge in [0.15, 0.2) is 6.61 Å². The zero-order chi connectivity index (χ0) is 16.9. The minimum atomic E-state index is -0.543. The molecule has 22 heavy (non-hydrogen) atoms. The van der Waals surface area contributed by atoms with Crippen molar-refractivity contribution in [3.8, 4) is 0 Å². The quantitative estimate of drug-likeness (QED) is 0.512. The van der Waals surface area contributed by atoms with Crippen LogP contribution in [0.5, 0.6) is 0 Å². The maximum Gasteiger partial charge on any atom is 0.306 e. The molecule has 0 saturated heterocycles. The number of carbonyl (C=O) groups is 2. The number of hydrogen-bond acceptors (Lipinski definition) is 5. The molecule has 1 amide bonds. The number of nitrogens with zero attached hydrogens (tertiary/aromatic N) is 1. The van der Waals surface area contributed by atoms with Gasteiger partial charge in [-0.3, -0.25) is 19.7 Å². The number of esters is 1. The van der Waals surface area contributed by atoms with Crippen LogP contribution in [0, 0.1) is 22.5 Å². The molecule has 0 heterocycles. The summed E-state index contributed by atoms with van der Waals surface area (Å²) < 4.78 is 4.88. The van der Waals surface area contributed by atoms with Crippen LogP contribution in [0.4, 0.5) is 11.4 Å². The van der Waals surface area contributed by atoms with Crippen molar-refractivity contribution in [2.75, 3.05) is 11.9 Å². The molecule has 0 bridgehead atoms. The highest BCUT2D eigenvalue weighted by atomic mass is 16.6. The second-order valence-corrected chi connectivity index (χ2v) is 6.20. The summed E-state index contributed by atoms with van der Waals surface area (Å²) >= 11 is 0. The van der Waals surface area contributed by atoms with E-state index in [1.807, 2.05) is 20.8 Å². The van der Waals surface area contributed by atoms with Crippen LogP contribution in [0.1, 0.15) is 32.8 Å². The van der Waals surface area contributed by atoms with Gasteiger partial charge < -0.3 is 10.1 Å². The number of non-ortho nitro benzene ring substituents is 1. The predicted molar refractivity (Wildman–Crippen MR) is 81.5 cm³/mol. The number of aryl methyl sites for hydroxylation is 1. The van der Waals surface area contributed by atoms with Crippen LogP contribution < -0.4 is 5.32 Å². The number of carbonyl (C=O) groups excluding carboxylic acids is 2. The van der Waals surface area contributed by atoms with Crippen LogP contribution in [0.25, 0.3) is 0 Å². The molecule has 120 valence electrons. The van der Waals surface area contributed by atoms with E-state index in [2.05, 4.69) is 5.32 Å². The van der Waals surface area contributed by atoms with E-state index >= 15 is 0 Å². The van der Waals surface area contributed by atoms with E-state index in [4.69, 9.17) is 4.74 Å². The minimum Gasteiger partial charge on any atom is -0.456 e. The van der Waals surface area contributed by atoms with E-state index in [1.54, 1.807) is 13.0 Å². The summed E-state index contributed by atoms with van der Waals surface area (Å²) in [7, 11) is 0. The van der Waals surface area contributed by atoms with Gasteiger partial charge in [0.05, 0.1) is 17.0 Å². The second kappa shape index (κ2) is 7.02. The van der Waals surface area contributed by atoms with E-state index < -0.39 is 23.4 Å². The fraction of sp³-hybridized carbons (Fsp3) is 0.467. The first-order valence-corrected chi connectivity index (χ1v) is 6.79. The molecule has 0 fully saturated rings. The third kappa shape index (κ3) is 5.90. The molecule has 1 N–H and O–H groups in total. The van der Waals surface area contributed by atoms with Crippen molar-refractivity contribution in [2.45, 2.75) is 34.1 Å². The third-order valence-electron chi connectivity index (χ3n) is 2.74. The number of nitrogens with one attached hydrogen (secondary N) is 1. The van der Waals surface area contributed by atoms with Crippen molar-refractivity contribution >= 4 is 23.3 Å². The van der Waals surface area contributed by atoms with Gasteiger partial charge in [0.25, 0.3) is 11.6 Å². The number of rotatable bonds is 5. The van der Waals surface area contributed by atoms with E-state index in [0.29, 0.717) is 11.3 Å². The highest BCUT2D eigenvalue weighted by Gasteiger charge is 2.18. The van der Waals surface area contributed by atoms with Crippen LogP contribution in [0.2, 0.25) is 0 Å². The van der Waals surface area contributed by atoms with Gasteiger partial charge in [-0.2, -0.15) is 0 Å². The van der Waals surface area contributed by atoms with Crippen molar-refractivity contribution in [1.82, 2.24) is 0 Å². The molecule has 7 heteroatoms. The highest BCUT2D eigenvalue weighted by molar-refractivity contribution is 5.93. The molecule has 0 aliphatic heterocycles. The smallest absolute Gasteiger partial charge is 0.306 e. The molecule has 0 aliphatic carbocycles. The molecular formula is C15H20N2O5. The Labute approximate surface area is 128 Å². The average Bonchev–Trinajstić information content (AvgIpc) is 2.36. The lowest BCUT2D eigenvalue weighted by molar-refractivity contribution is -0.384. The van der Waals surface area contributed by atoms with Gasteiger partial charge in [-0.15, -0.1) is 0 Å². The molecule has 1 aromatic rings. The summed E-state index contributed by atoms with van der Waals surface area (Å²) in [4.78, 5) is 33.5. The minimum absolute atomic E-state index is 0.120. The Bertz CT molecular complexity index is 590. The zero-order valence-corrected chi connectivity index (χ0v) is 13.1. The van der Waals surface area contributed by atoms with Gasteiger partial charge in [-0.25, -0.2) is 0 Å². The van der Waals surface area contributed by atoms with Crippen LogP contribution in [0.3, 0.4) is 0 Å². The molecule has 0 aromatic heterocycles. The molecule has 0 radical (unpaired) electrons. The highest BCUT2D eigenvalue weighted by Crippen LogP contribution is 2.22. The Balaban J connectivity index is 2.60. The van der Waals surface area contributed by atoms with Gasteiger partial charge in [0.2, 0.25) is 0 Å². The normalized spacial score (nSPS) is 10.9. The molecule has 0 spiro atoms. The van der Waals surface area contributed by atoms with Crippen molar-refractivity contribution in [1.29, 1.82) is 0 Å². The lowest BCUT2D eigenvalue weighted by Crippen LogP contribution is -2.23. The number of benzene rings is 1. The van der Waals surface area contributed by atoms with Gasteiger partial charge in [-0.05, 0) is 17.9 Å². The first kappa shape index (κ1) is 17.6. The fourth-order valence-electron chi connectivity index (χ4n) is 1.67. The van der Waals surface area contributed by atoms with Gasteiger partial charge in [-0.1, -0.05) is 26.8 Å². The summed E-state index contributed by atoms with van der Waals surface area (Å²) in [6.07, 6.45) is 0.204. The van der Waals surface area contributed by atoms with Crippen molar-refractivity contribution in [2.24, 2.45) is 5.41 Å². The van der Waals surface area contributed by atoms with E-state index in [-0.39, 0.29) is 17.5 Å². The summed E-state index contributed by atoms with van der Waals surface area (Å²) in [6.45, 7) is 6.96. The molecular weight excluding hydrogens is 288 g/mol. The molecule has 7 nitrogen and oxygen atoms in total. The number of nitro benzene ring substituents is 1. The number of anilines is 1. The fourth-order valence-corrected chi connectivity index (χ4v) is 1.67. The monoisotopic (exact) mass is 308 g/mol. The third-order valence-corrected chi connectivity index (χ3v) is 2.74. The lowest BCUT2D eigenvalue weighted by atomic mass is 9.92. The van der Waals surface area contributed by atoms with Gasteiger partial charge in [0, 0.05) is 12.1 Å². The number of amides is 1. The lowest BCUT2D eigenvalue weighted by Gasteiger charge is -2.16. The predicted octanol–water partition coefficient (Wildman–Crippen LogP) is 2.82. The second-order valence-electron chi connectivity index (χ2n) is 6.20. The molecule has 0 unspecified atom stereocenters. The van der Waals surface area contributed by atoms with Crippen LogP contribution in [-0.2, 0) is 14.3 Å². The van der Waals surface area contributed by atoms with Crippen LogP contribution in [-0.4, -0.2) is 23.4 Å². The standard InChI is InChI=1S/C15H20N2O5/c1-10-5-6-11(17(20)21)7-12(10)16-13(18)9-22-14(19)8-15(2,3)4/h5-7H,8-9H2,1-4H3,(H,16,18). The summed E-state index contributed by atoms with van der Waals surface area (Å²) in [5.41, 5.74) is 0.668. The molecule has 1 rings (SSSR count). The van der Waals surface area contributed by atoms with E-state index in [0.717, 1.165) is 0 Å². The Hall–Kier alpha value is -2.44. The largest absolute Gasteiger partial charge is 0.456 e. The van der Waals surface area contributed by atoms with Gasteiger partial charge in [0.1, 0.15) is 0 Å². The number of ether oxygens (including phenoxy) is 1. The molecule has 0 aliphatic rings. The summed E-state index contributed by atoms with van der Waals surface area (Å²) in [5, 5.41) is 13.2. The first-order valence-electron chi connectivity index (χ1n) is 6.79. The molecule has 0 atom stereocenters. The maximum atomic E-state index is 11.8. The molecule has 1 aromatic carbocycles. The topological polar surface area (TPSA) is 98.5 Å².